The molecular weight excluding hydrogens is 385 g/mol. The van der Waals surface area contributed by atoms with Gasteiger partial charge in [-0.05, 0) is 18.2 Å². The van der Waals surface area contributed by atoms with E-state index in [0.717, 1.165) is 17.1 Å². The molecule has 1 N–H and O–H groups in total. The van der Waals surface area contributed by atoms with E-state index >= 15 is 0 Å². The number of nitrogens with zero attached hydrogens (tertiary/aromatic N) is 5. The molecule has 1 unspecified atom stereocenters. The van der Waals surface area contributed by atoms with Crippen molar-refractivity contribution in [2.24, 2.45) is 0 Å². The first kappa shape index (κ1) is 16.7. The van der Waals surface area contributed by atoms with Crippen molar-refractivity contribution in [2.45, 2.75) is 31.1 Å². The molecule has 6 rings (SSSR count). The van der Waals surface area contributed by atoms with Crippen molar-refractivity contribution in [3.05, 3.63) is 48.3 Å². The molecule has 5 heterocycles. The summed E-state index contributed by atoms with van der Waals surface area (Å²) in [5.74, 6) is -3.33. The number of alkyl halides is 2. The molecule has 10 heteroatoms. The summed E-state index contributed by atoms with van der Waals surface area (Å²) < 4.78 is 48.4. The molecule has 0 aromatic carbocycles. The fourth-order valence-corrected chi connectivity index (χ4v) is 3.96. The lowest BCUT2D eigenvalue weighted by Gasteiger charge is -2.25. The van der Waals surface area contributed by atoms with Gasteiger partial charge >= 0.3 is 0 Å². The molecule has 146 valence electrons. The number of H-pyrrole nitrogens is 1. The highest BCUT2D eigenvalue weighted by atomic mass is 19.3. The van der Waals surface area contributed by atoms with Crippen LogP contribution in [0.2, 0.25) is 0 Å². The van der Waals surface area contributed by atoms with Crippen LogP contribution < -0.4 is 0 Å². The largest absolute Gasteiger partial charge is 0.360 e. The standard InChI is InChI=1S/C19H13F3N6O/c20-10-1-2-13(24-5-10)16-15(11-3-4-23-17-12(11)6-25-26-17)14-7-29-18(8-19(18,21)22)9-28(14)27-16/h1-6H,7-9H2,(H,23,25,26). The van der Waals surface area contributed by atoms with Gasteiger partial charge in [-0.15, -0.1) is 0 Å². The van der Waals surface area contributed by atoms with E-state index in [-0.39, 0.29) is 19.6 Å². The zero-order chi connectivity index (χ0) is 19.8. The van der Waals surface area contributed by atoms with Crippen molar-refractivity contribution in [1.29, 1.82) is 0 Å². The Labute approximate surface area is 161 Å². The van der Waals surface area contributed by atoms with E-state index in [1.807, 2.05) is 0 Å². The van der Waals surface area contributed by atoms with Gasteiger partial charge in [-0.25, -0.2) is 18.2 Å². The highest BCUT2D eigenvalue weighted by Crippen LogP contribution is 2.58. The number of aromatic amines is 1. The summed E-state index contributed by atoms with van der Waals surface area (Å²) in [6.45, 7) is -0.0655. The molecule has 1 atom stereocenters. The van der Waals surface area contributed by atoms with Crippen LogP contribution in [-0.2, 0) is 17.9 Å². The van der Waals surface area contributed by atoms with Gasteiger partial charge in [0.05, 0.1) is 43.4 Å². The van der Waals surface area contributed by atoms with E-state index in [2.05, 4.69) is 25.3 Å². The fourth-order valence-electron chi connectivity index (χ4n) is 3.96. The second-order valence-corrected chi connectivity index (χ2v) is 7.34. The Balaban J connectivity index is 1.59. The second kappa shape index (κ2) is 5.41. The second-order valence-electron chi connectivity index (χ2n) is 7.34. The van der Waals surface area contributed by atoms with E-state index in [1.165, 1.54) is 12.1 Å². The number of hydrogen-bond donors (Lipinski definition) is 1. The maximum Gasteiger partial charge on any atom is 0.281 e. The molecule has 0 amide bonds. The number of hydrogen-bond acceptors (Lipinski definition) is 5. The molecule has 0 bridgehead atoms. The van der Waals surface area contributed by atoms with Crippen molar-refractivity contribution in [1.82, 2.24) is 29.9 Å². The Hall–Kier alpha value is -3.27. The Morgan fingerprint density at radius 1 is 1.14 bits per heavy atom. The molecular formula is C19H13F3N6O. The predicted octanol–water partition coefficient (Wildman–Crippen LogP) is 3.33. The lowest BCUT2D eigenvalue weighted by Crippen LogP contribution is -2.34. The van der Waals surface area contributed by atoms with Crippen LogP contribution in [0.15, 0.2) is 36.8 Å². The minimum atomic E-state index is -2.86. The first-order chi connectivity index (χ1) is 14.0. The topological polar surface area (TPSA) is 81.5 Å². The van der Waals surface area contributed by atoms with Gasteiger partial charge in [-0.2, -0.15) is 10.2 Å². The molecule has 0 radical (unpaired) electrons. The maximum absolute atomic E-state index is 13.9. The number of nitrogens with one attached hydrogen (secondary N) is 1. The van der Waals surface area contributed by atoms with Crippen molar-refractivity contribution >= 4 is 11.0 Å². The fraction of sp³-hybridized carbons (Fsp3) is 0.263. The summed E-state index contributed by atoms with van der Waals surface area (Å²) in [5.41, 5.74) is 2.12. The summed E-state index contributed by atoms with van der Waals surface area (Å²) in [5, 5.41) is 12.2. The van der Waals surface area contributed by atoms with Crippen LogP contribution in [0.5, 0.6) is 0 Å². The number of halogens is 3. The predicted molar refractivity (Wildman–Crippen MR) is 95.4 cm³/mol. The first-order valence-electron chi connectivity index (χ1n) is 8.99. The van der Waals surface area contributed by atoms with Gasteiger partial charge in [0.2, 0.25) is 0 Å². The summed E-state index contributed by atoms with van der Waals surface area (Å²) in [6.07, 6.45) is 4.05. The van der Waals surface area contributed by atoms with Gasteiger partial charge in [-0.1, -0.05) is 0 Å². The van der Waals surface area contributed by atoms with Gasteiger partial charge in [-0.3, -0.25) is 14.8 Å². The number of ether oxygens (including phenoxy) is 1. The van der Waals surface area contributed by atoms with E-state index in [1.54, 1.807) is 23.1 Å². The summed E-state index contributed by atoms with van der Waals surface area (Å²) in [7, 11) is 0. The number of fused-ring (bicyclic) bond motifs is 2. The smallest absolute Gasteiger partial charge is 0.281 e. The number of pyridine rings is 2. The first-order valence-corrected chi connectivity index (χ1v) is 8.99. The molecule has 0 saturated heterocycles. The average Bonchev–Trinajstić information content (AvgIpc) is 3.09. The van der Waals surface area contributed by atoms with Gasteiger partial charge in [0.15, 0.2) is 11.2 Å². The molecule has 29 heavy (non-hydrogen) atoms. The minimum absolute atomic E-state index is 0.0131. The normalized spacial score (nSPS) is 22.2. The summed E-state index contributed by atoms with van der Waals surface area (Å²) in [6, 6.07) is 4.61. The molecule has 1 aliphatic carbocycles. The lowest BCUT2D eigenvalue weighted by atomic mass is 9.99. The van der Waals surface area contributed by atoms with Crippen LogP contribution in [0.25, 0.3) is 33.5 Å². The minimum Gasteiger partial charge on any atom is -0.360 e. The molecule has 1 saturated carbocycles. The molecule has 2 aliphatic rings. The highest BCUT2D eigenvalue weighted by molar-refractivity contribution is 5.97. The SMILES string of the molecule is Fc1ccc(-c2nn3c(c2-c2ccnc4[nH]ncc24)COC2(C3)CC2(F)F)nc1. The third kappa shape index (κ3) is 2.29. The summed E-state index contributed by atoms with van der Waals surface area (Å²) >= 11 is 0. The quantitative estimate of drug-likeness (QED) is 0.560. The van der Waals surface area contributed by atoms with E-state index < -0.39 is 17.3 Å². The van der Waals surface area contributed by atoms with Crippen molar-refractivity contribution in [3.8, 4) is 22.5 Å². The van der Waals surface area contributed by atoms with Crippen molar-refractivity contribution < 1.29 is 17.9 Å². The third-order valence-corrected chi connectivity index (χ3v) is 5.59. The molecule has 4 aromatic heterocycles. The van der Waals surface area contributed by atoms with Gasteiger partial charge in [0.25, 0.3) is 5.92 Å². The Kier molecular flexibility index (Phi) is 3.11. The molecule has 4 aromatic rings. The Morgan fingerprint density at radius 3 is 2.76 bits per heavy atom. The van der Waals surface area contributed by atoms with Crippen LogP contribution in [0, 0.1) is 5.82 Å². The van der Waals surface area contributed by atoms with Crippen LogP contribution in [-0.4, -0.2) is 41.5 Å². The van der Waals surface area contributed by atoms with E-state index in [0.29, 0.717) is 28.3 Å². The van der Waals surface area contributed by atoms with Crippen LogP contribution in [0.1, 0.15) is 12.1 Å². The van der Waals surface area contributed by atoms with Crippen molar-refractivity contribution in [2.75, 3.05) is 0 Å². The van der Waals surface area contributed by atoms with Gasteiger partial charge in [0.1, 0.15) is 11.5 Å². The van der Waals surface area contributed by atoms with E-state index in [4.69, 9.17) is 4.74 Å². The Morgan fingerprint density at radius 2 is 2.00 bits per heavy atom. The monoisotopic (exact) mass is 398 g/mol. The molecule has 1 aliphatic heterocycles. The van der Waals surface area contributed by atoms with Crippen molar-refractivity contribution in [3.63, 3.8) is 0 Å². The zero-order valence-electron chi connectivity index (χ0n) is 14.9. The zero-order valence-corrected chi connectivity index (χ0v) is 14.9. The van der Waals surface area contributed by atoms with Gasteiger partial charge in [0, 0.05) is 22.7 Å². The summed E-state index contributed by atoms with van der Waals surface area (Å²) in [4.78, 5) is 8.40. The lowest BCUT2D eigenvalue weighted by molar-refractivity contribution is -0.0901. The van der Waals surface area contributed by atoms with E-state index in [9.17, 15) is 13.2 Å². The average molecular weight is 398 g/mol. The molecule has 1 fully saturated rings. The third-order valence-electron chi connectivity index (χ3n) is 5.59. The van der Waals surface area contributed by atoms with Crippen LogP contribution in [0.4, 0.5) is 13.2 Å². The van der Waals surface area contributed by atoms with Crippen LogP contribution in [0.3, 0.4) is 0 Å². The van der Waals surface area contributed by atoms with Gasteiger partial charge < -0.3 is 4.74 Å². The Bertz CT molecular complexity index is 1260. The van der Waals surface area contributed by atoms with Crippen LogP contribution >= 0.6 is 0 Å². The molecule has 7 nitrogen and oxygen atoms in total. The maximum atomic E-state index is 13.9. The number of rotatable bonds is 2. The molecule has 1 spiro atoms. The number of aromatic nitrogens is 6. The highest BCUT2D eigenvalue weighted by Gasteiger charge is 2.74.